The monoisotopic (exact) mass is 391 g/mol. The molecule has 29 heavy (non-hydrogen) atoms. The number of hydrogen-bond donors (Lipinski definition) is 2. The maximum atomic E-state index is 13.0. The molecule has 0 aliphatic carbocycles. The van der Waals surface area contributed by atoms with Gasteiger partial charge in [-0.05, 0) is 73.9 Å². The van der Waals surface area contributed by atoms with Gasteiger partial charge in [0.1, 0.15) is 11.5 Å². The van der Waals surface area contributed by atoms with Crippen LogP contribution in [0.5, 0.6) is 0 Å². The first-order valence-electron chi connectivity index (χ1n) is 9.69. The highest BCUT2D eigenvalue weighted by molar-refractivity contribution is 6.03. The van der Waals surface area contributed by atoms with Crippen LogP contribution in [0.3, 0.4) is 0 Å². The Balaban J connectivity index is 1.41. The van der Waals surface area contributed by atoms with Crippen LogP contribution in [0.25, 0.3) is 0 Å². The molecule has 148 valence electrons. The van der Waals surface area contributed by atoms with Crippen molar-refractivity contribution in [3.05, 3.63) is 72.3 Å². The average Bonchev–Trinajstić information content (AvgIpc) is 2.77. The van der Waals surface area contributed by atoms with E-state index in [9.17, 15) is 9.18 Å². The quantitative estimate of drug-likeness (QED) is 0.665. The van der Waals surface area contributed by atoms with Gasteiger partial charge in [0.25, 0.3) is 5.91 Å². The van der Waals surface area contributed by atoms with Gasteiger partial charge < -0.3 is 15.5 Å². The second-order valence-corrected chi connectivity index (χ2v) is 6.95. The second-order valence-electron chi connectivity index (χ2n) is 6.95. The van der Waals surface area contributed by atoms with Gasteiger partial charge in [-0.25, -0.2) is 14.4 Å². The minimum absolute atomic E-state index is 0.240. The van der Waals surface area contributed by atoms with Crippen LogP contribution >= 0.6 is 0 Å². The number of nitrogens with zero attached hydrogens (tertiary/aromatic N) is 3. The molecule has 1 aliphatic rings. The highest BCUT2D eigenvalue weighted by Crippen LogP contribution is 2.22. The lowest BCUT2D eigenvalue weighted by molar-refractivity contribution is 0.102. The summed E-state index contributed by atoms with van der Waals surface area (Å²) in [6.07, 6.45) is 5.25. The maximum absolute atomic E-state index is 13.0. The van der Waals surface area contributed by atoms with E-state index in [4.69, 9.17) is 0 Å². The molecule has 1 saturated heterocycles. The van der Waals surface area contributed by atoms with Crippen molar-refractivity contribution in [1.29, 1.82) is 0 Å². The molecule has 0 unspecified atom stereocenters. The molecule has 0 saturated carbocycles. The van der Waals surface area contributed by atoms with Crippen LogP contribution < -0.4 is 15.5 Å². The largest absolute Gasteiger partial charge is 0.372 e. The van der Waals surface area contributed by atoms with Gasteiger partial charge in [-0.3, -0.25) is 4.79 Å². The molecule has 3 aromatic rings. The van der Waals surface area contributed by atoms with Crippen molar-refractivity contribution in [2.75, 3.05) is 28.6 Å². The Bertz CT molecular complexity index is 969. The number of aromatic nitrogens is 2. The first kappa shape index (κ1) is 18.9. The van der Waals surface area contributed by atoms with E-state index >= 15 is 0 Å². The zero-order valence-electron chi connectivity index (χ0n) is 15.9. The van der Waals surface area contributed by atoms with Crippen LogP contribution in [0.15, 0.2) is 60.8 Å². The van der Waals surface area contributed by atoms with Crippen molar-refractivity contribution in [3.8, 4) is 0 Å². The van der Waals surface area contributed by atoms with E-state index in [2.05, 4.69) is 25.5 Å². The van der Waals surface area contributed by atoms with Crippen LogP contribution in [0, 0.1) is 5.82 Å². The lowest BCUT2D eigenvalue weighted by atomic mass is 10.1. The van der Waals surface area contributed by atoms with Crippen molar-refractivity contribution in [2.45, 2.75) is 19.3 Å². The normalized spacial score (nSPS) is 13.8. The minimum Gasteiger partial charge on any atom is -0.372 e. The summed E-state index contributed by atoms with van der Waals surface area (Å²) in [5.74, 6) is -0.374. The fraction of sp³-hybridized carbons (Fsp3) is 0.227. The summed E-state index contributed by atoms with van der Waals surface area (Å²) in [6.45, 7) is 2.16. The van der Waals surface area contributed by atoms with Gasteiger partial charge >= 0.3 is 0 Å². The van der Waals surface area contributed by atoms with Crippen LogP contribution in [0.4, 0.5) is 27.4 Å². The third-order valence-corrected chi connectivity index (χ3v) is 4.83. The Morgan fingerprint density at radius 3 is 2.31 bits per heavy atom. The first-order valence-corrected chi connectivity index (χ1v) is 9.69. The molecule has 1 aliphatic heterocycles. The Hall–Kier alpha value is -3.48. The first-order chi connectivity index (χ1) is 14.2. The van der Waals surface area contributed by atoms with E-state index in [0.717, 1.165) is 13.1 Å². The van der Waals surface area contributed by atoms with Crippen molar-refractivity contribution in [1.82, 2.24) is 9.97 Å². The fourth-order valence-electron chi connectivity index (χ4n) is 3.31. The molecule has 0 bridgehead atoms. The summed E-state index contributed by atoms with van der Waals surface area (Å²) in [5, 5.41) is 5.82. The maximum Gasteiger partial charge on any atom is 0.274 e. The lowest BCUT2D eigenvalue weighted by Crippen LogP contribution is -2.29. The van der Waals surface area contributed by atoms with E-state index < -0.39 is 0 Å². The van der Waals surface area contributed by atoms with E-state index in [1.54, 1.807) is 18.2 Å². The van der Waals surface area contributed by atoms with E-state index in [0.29, 0.717) is 11.4 Å². The molecule has 6 nitrogen and oxygen atoms in total. The summed E-state index contributed by atoms with van der Waals surface area (Å²) in [7, 11) is 0. The highest BCUT2D eigenvalue weighted by Gasteiger charge is 2.12. The van der Waals surface area contributed by atoms with Crippen molar-refractivity contribution < 1.29 is 9.18 Å². The van der Waals surface area contributed by atoms with Gasteiger partial charge in [-0.1, -0.05) is 0 Å². The van der Waals surface area contributed by atoms with Crippen LogP contribution in [0.1, 0.15) is 29.8 Å². The smallest absolute Gasteiger partial charge is 0.274 e. The number of anilines is 4. The molecule has 0 spiro atoms. The van der Waals surface area contributed by atoms with Crippen LogP contribution in [-0.2, 0) is 0 Å². The second kappa shape index (κ2) is 8.68. The van der Waals surface area contributed by atoms with E-state index in [1.807, 2.05) is 24.3 Å². The molecular weight excluding hydrogens is 369 g/mol. The third kappa shape index (κ3) is 4.87. The van der Waals surface area contributed by atoms with Gasteiger partial charge in [0.15, 0.2) is 0 Å². The Morgan fingerprint density at radius 2 is 1.59 bits per heavy atom. The topological polar surface area (TPSA) is 70.2 Å². The number of carbonyl (C=O) groups excluding carboxylic acids is 1. The number of halogens is 1. The summed E-state index contributed by atoms with van der Waals surface area (Å²) < 4.78 is 13.0. The number of benzene rings is 2. The van der Waals surface area contributed by atoms with E-state index in [1.165, 1.54) is 43.3 Å². The van der Waals surface area contributed by atoms with Crippen LogP contribution in [-0.4, -0.2) is 29.0 Å². The Morgan fingerprint density at radius 1 is 0.897 bits per heavy atom. The Labute approximate surface area is 168 Å². The van der Waals surface area contributed by atoms with Crippen LogP contribution in [0.2, 0.25) is 0 Å². The van der Waals surface area contributed by atoms with Gasteiger partial charge in [-0.15, -0.1) is 0 Å². The molecule has 7 heteroatoms. The summed E-state index contributed by atoms with van der Waals surface area (Å²) >= 11 is 0. The molecule has 0 radical (unpaired) electrons. The number of piperidine rings is 1. The zero-order chi connectivity index (χ0) is 20.1. The molecule has 0 atom stereocenters. The average molecular weight is 391 g/mol. The molecule has 1 amide bonds. The fourth-order valence-corrected chi connectivity index (χ4v) is 3.31. The highest BCUT2D eigenvalue weighted by atomic mass is 19.1. The molecule has 1 aromatic heterocycles. The Kier molecular flexibility index (Phi) is 5.65. The van der Waals surface area contributed by atoms with Gasteiger partial charge in [-0.2, -0.15) is 0 Å². The van der Waals surface area contributed by atoms with E-state index in [-0.39, 0.29) is 23.4 Å². The molecule has 2 N–H and O–H groups in total. The molecule has 4 rings (SSSR count). The third-order valence-electron chi connectivity index (χ3n) is 4.83. The number of hydrogen-bond acceptors (Lipinski definition) is 5. The predicted octanol–water partition coefficient (Wildman–Crippen LogP) is 4.60. The van der Waals surface area contributed by atoms with Crippen molar-refractivity contribution >= 4 is 28.9 Å². The van der Waals surface area contributed by atoms with Crippen molar-refractivity contribution in [2.24, 2.45) is 0 Å². The van der Waals surface area contributed by atoms with Gasteiger partial charge in [0.05, 0.1) is 0 Å². The van der Waals surface area contributed by atoms with Gasteiger partial charge in [0.2, 0.25) is 5.95 Å². The summed E-state index contributed by atoms with van der Waals surface area (Å²) in [6, 6.07) is 15.3. The number of nitrogens with one attached hydrogen (secondary N) is 2. The lowest BCUT2D eigenvalue weighted by Gasteiger charge is -2.28. The molecule has 2 aromatic carbocycles. The van der Waals surface area contributed by atoms with Gasteiger partial charge in [0, 0.05) is 36.3 Å². The molecule has 2 heterocycles. The zero-order valence-corrected chi connectivity index (χ0v) is 15.9. The minimum atomic E-state index is -0.323. The van der Waals surface area contributed by atoms with Crippen molar-refractivity contribution in [3.63, 3.8) is 0 Å². The molecular formula is C22H22FN5O. The summed E-state index contributed by atoms with van der Waals surface area (Å²) in [4.78, 5) is 23.3. The predicted molar refractivity (Wildman–Crippen MR) is 112 cm³/mol. The number of carbonyl (C=O) groups is 1. The number of amides is 1. The standard InChI is InChI=1S/C22H22FN5O/c23-16-4-6-18(7-5-16)26-22-24-13-12-20(27-22)21(29)25-17-8-10-19(11-9-17)28-14-2-1-3-15-28/h4-13H,1-3,14-15H2,(H,25,29)(H,24,26,27). The number of rotatable bonds is 5. The molecule has 1 fully saturated rings. The SMILES string of the molecule is O=C(Nc1ccc(N2CCCCC2)cc1)c1ccnc(Nc2ccc(F)cc2)n1. The summed E-state index contributed by atoms with van der Waals surface area (Å²) in [5.41, 5.74) is 2.76.